The number of hydrogen-bond donors (Lipinski definition) is 1. The topological polar surface area (TPSA) is 46.1 Å². The van der Waals surface area contributed by atoms with Crippen LogP contribution in [0.25, 0.3) is 0 Å². The summed E-state index contributed by atoms with van der Waals surface area (Å²) in [6, 6.07) is 0. The number of methoxy groups -OCH3 is 1. The zero-order valence-corrected chi connectivity index (χ0v) is 15.4. The van der Waals surface area contributed by atoms with E-state index in [0.29, 0.717) is 6.10 Å². The van der Waals surface area contributed by atoms with Crippen molar-refractivity contribution < 1.29 is 9.47 Å². The molecular formula is C14H30IN3O2. The second-order valence-electron chi connectivity index (χ2n) is 4.88. The first-order valence-electron chi connectivity index (χ1n) is 7.38. The number of rotatable bonds is 7. The maximum Gasteiger partial charge on any atom is 0.193 e. The molecule has 120 valence electrons. The average molecular weight is 399 g/mol. The number of nitrogens with zero attached hydrogens (tertiary/aromatic N) is 2. The summed E-state index contributed by atoms with van der Waals surface area (Å²) in [6.07, 6.45) is 4.67. The van der Waals surface area contributed by atoms with Crippen LogP contribution in [0.5, 0.6) is 0 Å². The predicted octanol–water partition coefficient (Wildman–Crippen LogP) is 2.11. The number of guanidine groups is 1. The Labute approximate surface area is 140 Å². The number of halogens is 1. The van der Waals surface area contributed by atoms with Gasteiger partial charge in [0.15, 0.2) is 5.96 Å². The number of hydrogen-bond acceptors (Lipinski definition) is 3. The van der Waals surface area contributed by atoms with Gasteiger partial charge in [0.2, 0.25) is 0 Å². The van der Waals surface area contributed by atoms with Crippen LogP contribution >= 0.6 is 24.0 Å². The summed E-state index contributed by atoms with van der Waals surface area (Å²) in [7, 11) is 3.58. The zero-order valence-electron chi connectivity index (χ0n) is 13.1. The monoisotopic (exact) mass is 399 g/mol. The van der Waals surface area contributed by atoms with Gasteiger partial charge < -0.3 is 19.7 Å². The van der Waals surface area contributed by atoms with E-state index in [9.17, 15) is 0 Å². The van der Waals surface area contributed by atoms with Gasteiger partial charge in [-0.1, -0.05) is 6.92 Å². The van der Waals surface area contributed by atoms with Gasteiger partial charge in [-0.05, 0) is 25.7 Å². The van der Waals surface area contributed by atoms with Crippen LogP contribution in [-0.4, -0.2) is 64.0 Å². The van der Waals surface area contributed by atoms with Gasteiger partial charge in [-0.25, -0.2) is 0 Å². The van der Waals surface area contributed by atoms with Crippen LogP contribution in [0.2, 0.25) is 0 Å². The molecule has 1 aliphatic heterocycles. The maximum absolute atomic E-state index is 5.86. The highest BCUT2D eigenvalue weighted by Crippen LogP contribution is 2.14. The second kappa shape index (κ2) is 12.6. The molecule has 6 heteroatoms. The third-order valence-corrected chi connectivity index (χ3v) is 3.33. The molecule has 1 saturated heterocycles. The second-order valence-corrected chi connectivity index (χ2v) is 4.88. The quantitative estimate of drug-likeness (QED) is 0.308. The van der Waals surface area contributed by atoms with E-state index in [1.807, 2.05) is 7.05 Å². The molecule has 0 amide bonds. The van der Waals surface area contributed by atoms with Crippen LogP contribution in [0.3, 0.4) is 0 Å². The van der Waals surface area contributed by atoms with E-state index in [1.54, 1.807) is 7.11 Å². The summed E-state index contributed by atoms with van der Waals surface area (Å²) in [5.74, 6) is 1.03. The van der Waals surface area contributed by atoms with E-state index >= 15 is 0 Å². The number of nitrogens with one attached hydrogen (secondary N) is 1. The Morgan fingerprint density at radius 1 is 1.30 bits per heavy atom. The molecule has 0 aromatic carbocycles. The van der Waals surface area contributed by atoms with Crippen molar-refractivity contribution >= 4 is 29.9 Å². The molecular weight excluding hydrogens is 369 g/mol. The van der Waals surface area contributed by atoms with Gasteiger partial charge in [0.1, 0.15) is 0 Å². The van der Waals surface area contributed by atoms with Crippen molar-refractivity contribution in [2.75, 3.05) is 47.0 Å². The van der Waals surface area contributed by atoms with Gasteiger partial charge >= 0.3 is 0 Å². The smallest absolute Gasteiger partial charge is 0.193 e. The highest BCUT2D eigenvalue weighted by Gasteiger charge is 2.21. The van der Waals surface area contributed by atoms with Crippen LogP contribution in [0.1, 0.15) is 32.6 Å². The Kier molecular flexibility index (Phi) is 12.6. The van der Waals surface area contributed by atoms with Gasteiger partial charge in [0, 0.05) is 47.0 Å². The molecule has 1 rings (SSSR count). The van der Waals surface area contributed by atoms with Crippen molar-refractivity contribution in [2.24, 2.45) is 4.99 Å². The summed E-state index contributed by atoms with van der Waals surface area (Å²) in [5, 5.41) is 3.38. The van der Waals surface area contributed by atoms with Crippen molar-refractivity contribution in [1.82, 2.24) is 10.2 Å². The first kappa shape index (κ1) is 19.9. The number of ether oxygens (including phenoxy) is 2. The van der Waals surface area contributed by atoms with E-state index in [2.05, 4.69) is 22.1 Å². The molecule has 1 aliphatic rings. The van der Waals surface area contributed by atoms with E-state index in [-0.39, 0.29) is 24.0 Å². The molecule has 20 heavy (non-hydrogen) atoms. The van der Waals surface area contributed by atoms with Crippen LogP contribution < -0.4 is 5.32 Å². The van der Waals surface area contributed by atoms with E-state index in [0.717, 1.165) is 64.5 Å². The van der Waals surface area contributed by atoms with Crippen molar-refractivity contribution in [1.29, 1.82) is 0 Å². The summed E-state index contributed by atoms with van der Waals surface area (Å²) in [6.45, 7) is 6.80. The SMILES string of the molecule is CCCNC(=NC)N1CCC(OCCCOC)CC1.I. The van der Waals surface area contributed by atoms with Gasteiger partial charge in [-0.2, -0.15) is 0 Å². The average Bonchev–Trinajstić information content (AvgIpc) is 2.46. The Morgan fingerprint density at radius 2 is 2.00 bits per heavy atom. The minimum absolute atomic E-state index is 0. The fourth-order valence-electron chi connectivity index (χ4n) is 2.26. The minimum atomic E-state index is 0. The first-order valence-corrected chi connectivity index (χ1v) is 7.38. The number of likely N-dealkylation sites (tertiary alicyclic amines) is 1. The molecule has 0 spiro atoms. The lowest BCUT2D eigenvalue weighted by Gasteiger charge is -2.34. The lowest BCUT2D eigenvalue weighted by atomic mass is 10.1. The van der Waals surface area contributed by atoms with Crippen molar-refractivity contribution in [2.45, 2.75) is 38.7 Å². The summed E-state index contributed by atoms with van der Waals surface area (Å²) < 4.78 is 10.9. The van der Waals surface area contributed by atoms with Crippen molar-refractivity contribution in [3.63, 3.8) is 0 Å². The third-order valence-electron chi connectivity index (χ3n) is 3.33. The molecule has 0 aliphatic carbocycles. The Bertz CT molecular complexity index is 257. The fourth-order valence-corrected chi connectivity index (χ4v) is 2.26. The highest BCUT2D eigenvalue weighted by molar-refractivity contribution is 14.0. The minimum Gasteiger partial charge on any atom is -0.385 e. The first-order chi connectivity index (χ1) is 9.31. The van der Waals surface area contributed by atoms with Crippen molar-refractivity contribution in [3.05, 3.63) is 0 Å². The fraction of sp³-hybridized carbons (Fsp3) is 0.929. The predicted molar refractivity (Wildman–Crippen MR) is 94.1 cm³/mol. The Hall–Kier alpha value is -0.0800. The van der Waals surface area contributed by atoms with Gasteiger partial charge in [-0.3, -0.25) is 4.99 Å². The molecule has 1 N–H and O–H groups in total. The standard InChI is InChI=1S/C14H29N3O2.HI/c1-4-8-16-14(15-2)17-9-6-13(7-10-17)19-12-5-11-18-3;/h13H,4-12H2,1-3H3,(H,15,16);1H. The Morgan fingerprint density at radius 3 is 2.55 bits per heavy atom. The number of aliphatic imine (C=N–C) groups is 1. The third kappa shape index (κ3) is 7.64. The summed E-state index contributed by atoms with van der Waals surface area (Å²) in [4.78, 5) is 6.66. The van der Waals surface area contributed by atoms with E-state index in [1.165, 1.54) is 0 Å². The summed E-state index contributed by atoms with van der Waals surface area (Å²) in [5.41, 5.74) is 0. The van der Waals surface area contributed by atoms with Gasteiger partial charge in [-0.15, -0.1) is 24.0 Å². The lowest BCUT2D eigenvalue weighted by molar-refractivity contribution is 0.00991. The molecule has 0 unspecified atom stereocenters. The van der Waals surface area contributed by atoms with Crippen molar-refractivity contribution in [3.8, 4) is 0 Å². The summed E-state index contributed by atoms with van der Waals surface area (Å²) >= 11 is 0. The van der Waals surface area contributed by atoms with E-state index < -0.39 is 0 Å². The lowest BCUT2D eigenvalue weighted by Crippen LogP contribution is -2.47. The maximum atomic E-state index is 5.86. The number of piperidine rings is 1. The van der Waals surface area contributed by atoms with E-state index in [4.69, 9.17) is 9.47 Å². The molecule has 0 aromatic heterocycles. The van der Waals surface area contributed by atoms with Gasteiger partial charge in [0.05, 0.1) is 6.10 Å². The zero-order chi connectivity index (χ0) is 13.9. The molecule has 0 radical (unpaired) electrons. The normalized spacial score (nSPS) is 16.9. The molecule has 5 nitrogen and oxygen atoms in total. The Balaban J connectivity index is 0.00000361. The highest BCUT2D eigenvalue weighted by atomic mass is 127. The molecule has 1 fully saturated rings. The van der Waals surface area contributed by atoms with Crippen LogP contribution in [0.4, 0.5) is 0 Å². The molecule has 0 saturated carbocycles. The molecule has 0 atom stereocenters. The van der Waals surface area contributed by atoms with Crippen LogP contribution in [0.15, 0.2) is 4.99 Å². The van der Waals surface area contributed by atoms with Gasteiger partial charge in [0.25, 0.3) is 0 Å². The van der Waals surface area contributed by atoms with Crippen LogP contribution in [-0.2, 0) is 9.47 Å². The largest absolute Gasteiger partial charge is 0.385 e. The van der Waals surface area contributed by atoms with Crippen LogP contribution in [0, 0.1) is 0 Å². The molecule has 0 aromatic rings. The molecule has 0 bridgehead atoms. The molecule has 1 heterocycles.